The van der Waals surface area contributed by atoms with Gasteiger partial charge in [0.15, 0.2) is 36.4 Å². The second-order valence-corrected chi connectivity index (χ2v) is 13.8. The van der Waals surface area contributed by atoms with Gasteiger partial charge >= 0.3 is 29.7 Å². The molecule has 262 valence electrons. The van der Waals surface area contributed by atoms with Crippen LogP contribution in [-0.2, 0) is 50.6 Å². The second kappa shape index (κ2) is 15.0. The number of phosphoric acid groups is 3. The van der Waals surface area contributed by atoms with Crippen molar-refractivity contribution in [3.8, 4) is 0 Å². The van der Waals surface area contributed by atoms with Crippen LogP contribution < -0.4 is 16.0 Å². The number of nitrogens with zero attached hydrogens (tertiary/aromatic N) is 5. The minimum Gasteiger partial charge on any atom is -0.387 e. The molecule has 1 aliphatic rings. The van der Waals surface area contributed by atoms with Gasteiger partial charge in [-0.2, -0.15) is 8.88 Å². The summed E-state index contributed by atoms with van der Waals surface area (Å²) in [7, 11) is -16.4. The summed E-state index contributed by atoms with van der Waals surface area (Å²) in [6.07, 6.45) is -5.58. The monoisotopic (exact) mass is 742 g/mol. The van der Waals surface area contributed by atoms with Crippen molar-refractivity contribution in [1.82, 2.24) is 19.5 Å². The van der Waals surface area contributed by atoms with E-state index in [2.05, 4.69) is 32.8 Å². The fourth-order valence-corrected chi connectivity index (χ4v) is 6.82. The van der Waals surface area contributed by atoms with Crippen molar-refractivity contribution >= 4 is 58.9 Å². The summed E-state index contributed by atoms with van der Waals surface area (Å²) >= 11 is 0. The number of imidazole rings is 1. The van der Waals surface area contributed by atoms with Gasteiger partial charge in [0.2, 0.25) is 6.29 Å². The van der Waals surface area contributed by atoms with Crippen molar-refractivity contribution in [3.63, 3.8) is 0 Å². The molecule has 0 aliphatic carbocycles. The van der Waals surface area contributed by atoms with Gasteiger partial charge in [-0.1, -0.05) is 0 Å². The third-order valence-corrected chi connectivity index (χ3v) is 9.35. The van der Waals surface area contributed by atoms with Gasteiger partial charge in [0.25, 0.3) is 5.91 Å². The number of carbonyl (C=O) groups is 3. The summed E-state index contributed by atoms with van der Waals surface area (Å²) < 4.78 is 67.5. The van der Waals surface area contributed by atoms with Gasteiger partial charge in [0.05, 0.1) is 19.5 Å². The number of aliphatic hydroxyl groups excluding tert-OH is 1. The highest BCUT2D eigenvalue weighted by atomic mass is 31.3. The average molecular weight is 742 g/mol. The molecule has 24 nitrogen and oxygen atoms in total. The van der Waals surface area contributed by atoms with Gasteiger partial charge in [-0.25, -0.2) is 28.6 Å². The number of primary amides is 1. The molecular formula is C21H27N7O17P3+. The van der Waals surface area contributed by atoms with Crippen LogP contribution in [0.4, 0.5) is 5.82 Å². The van der Waals surface area contributed by atoms with Crippen LogP contribution in [0, 0.1) is 0 Å². The van der Waals surface area contributed by atoms with Crippen molar-refractivity contribution in [3.05, 3.63) is 42.7 Å². The molecule has 3 aromatic rings. The first kappa shape index (κ1) is 37.4. The van der Waals surface area contributed by atoms with Gasteiger partial charge in [-0.3, -0.25) is 27.7 Å². The number of nitrogen functional groups attached to an aromatic ring is 1. The van der Waals surface area contributed by atoms with E-state index in [1.165, 1.54) is 18.3 Å². The number of fused-ring (bicyclic) bond motifs is 1. The van der Waals surface area contributed by atoms with Crippen molar-refractivity contribution in [2.45, 2.75) is 36.9 Å². The molecule has 1 fully saturated rings. The van der Waals surface area contributed by atoms with Crippen LogP contribution in [0.25, 0.3) is 11.2 Å². The van der Waals surface area contributed by atoms with E-state index in [0.717, 1.165) is 28.0 Å². The highest BCUT2D eigenvalue weighted by Gasteiger charge is 2.50. The predicted molar refractivity (Wildman–Crippen MR) is 150 cm³/mol. The minimum atomic E-state index is -5.56. The first-order valence-electron chi connectivity index (χ1n) is 13.0. The van der Waals surface area contributed by atoms with Crippen LogP contribution >= 0.6 is 23.5 Å². The molecule has 0 saturated carbocycles. The van der Waals surface area contributed by atoms with E-state index in [1.807, 2.05) is 0 Å². The highest BCUT2D eigenvalue weighted by molar-refractivity contribution is 7.61. The number of phosphoric ester groups is 3. The summed E-state index contributed by atoms with van der Waals surface area (Å²) in [5.74, 6) is -0.906. The Hall–Kier alpha value is -3.44. The lowest BCUT2D eigenvalue weighted by Gasteiger charge is -2.22. The van der Waals surface area contributed by atoms with Crippen molar-refractivity contribution in [1.29, 1.82) is 0 Å². The maximum absolute atomic E-state index is 12.5. The molecule has 0 aromatic carbocycles. The summed E-state index contributed by atoms with van der Waals surface area (Å²) in [6, 6.07) is 2.67. The summed E-state index contributed by atoms with van der Waals surface area (Å²) in [5.41, 5.74) is 11.0. The summed E-state index contributed by atoms with van der Waals surface area (Å²) in [6.45, 7) is -2.20. The third-order valence-electron chi connectivity index (χ3n) is 6.23. The van der Waals surface area contributed by atoms with E-state index in [4.69, 9.17) is 20.9 Å². The molecule has 1 aliphatic heterocycles. The van der Waals surface area contributed by atoms with Gasteiger partial charge in [0.1, 0.15) is 41.8 Å². The number of aromatic nitrogens is 5. The lowest BCUT2D eigenvalue weighted by atomic mass is 10.1. The van der Waals surface area contributed by atoms with E-state index in [-0.39, 0.29) is 35.1 Å². The molecule has 9 N–H and O–H groups in total. The van der Waals surface area contributed by atoms with E-state index >= 15 is 0 Å². The largest absolute Gasteiger partial charge is 0.481 e. The molecule has 4 heterocycles. The Morgan fingerprint density at radius 2 is 1.81 bits per heavy atom. The Morgan fingerprint density at radius 1 is 1.10 bits per heavy atom. The number of carbonyl (C=O) groups excluding carboxylic acids is 3. The smallest absolute Gasteiger partial charge is 0.387 e. The number of ether oxygens (including phenoxy) is 2. The van der Waals surface area contributed by atoms with Crippen LogP contribution in [0.2, 0.25) is 0 Å². The van der Waals surface area contributed by atoms with Crippen molar-refractivity contribution < 1.29 is 84.7 Å². The topological polar surface area (TPSA) is 358 Å². The fraction of sp³-hybridized carbons (Fsp3) is 0.381. The average Bonchev–Trinajstić information content (AvgIpc) is 3.56. The molecule has 2 unspecified atom stereocenters. The van der Waals surface area contributed by atoms with E-state index in [0.29, 0.717) is 0 Å². The molecular weight excluding hydrogens is 715 g/mol. The fourth-order valence-electron chi connectivity index (χ4n) is 4.18. The summed E-state index contributed by atoms with van der Waals surface area (Å²) in [4.78, 5) is 84.9. The van der Waals surface area contributed by atoms with E-state index < -0.39 is 79.5 Å². The normalized spacial score (nSPS) is 23.6. The van der Waals surface area contributed by atoms with Crippen molar-refractivity contribution in [2.75, 3.05) is 18.9 Å². The standard InChI is InChI=1S/C21H26N7O17P3/c22-18-15-20(25-9-24-18)28(10-26-15)21-17(44-46(33,34)35)16(31)13(43-21)8-41-48(38,39)45-47(36,37)40-7-12(5-29)42-14(6-30)27-3-1-2-11(4-27)19(23)32/h1-6,9-10,12-14,16-17,21,31H,7-8H2,(H7-,22,23,24,25,32,33,34,35,36,37,38,39)/p+1/t12-,13+,14+,16+,17+,21+/m0/s1. The van der Waals surface area contributed by atoms with Crippen LogP contribution in [0.5, 0.6) is 0 Å². The van der Waals surface area contributed by atoms with Crippen LogP contribution in [0.15, 0.2) is 37.2 Å². The van der Waals surface area contributed by atoms with Crippen molar-refractivity contribution in [2.24, 2.45) is 5.73 Å². The maximum Gasteiger partial charge on any atom is 0.481 e. The Labute approximate surface area is 267 Å². The van der Waals surface area contributed by atoms with Gasteiger partial charge in [-0.15, -0.1) is 0 Å². The second-order valence-electron chi connectivity index (χ2n) is 9.55. The molecule has 27 heteroatoms. The third kappa shape index (κ3) is 9.37. The number of hydrogen-bond acceptors (Lipinski definition) is 17. The number of anilines is 1. The first-order valence-corrected chi connectivity index (χ1v) is 17.5. The summed E-state index contributed by atoms with van der Waals surface area (Å²) in [5, 5.41) is 10.7. The number of aliphatic hydroxyl groups is 1. The molecule has 1 amide bonds. The predicted octanol–water partition coefficient (Wildman–Crippen LogP) is -2.24. The zero-order valence-electron chi connectivity index (χ0n) is 23.9. The Kier molecular flexibility index (Phi) is 11.7. The quantitative estimate of drug-likeness (QED) is 0.0437. The number of hydrogen-bond donors (Lipinski definition) is 7. The number of amides is 1. The molecule has 3 aromatic heterocycles. The van der Waals surface area contributed by atoms with Gasteiger partial charge in [0, 0.05) is 6.07 Å². The number of nitrogens with two attached hydrogens (primary N) is 2. The SMILES string of the molecule is NC(=O)c1ccc[n+]([C@@H](C=O)O[C@@H](C=O)COP(=O)(O)OP(=O)(O)OC[C@H]2O[C@@H](n3cnc4c(N)ncnc43)[C@H](OP(=O)(O)O)[C@@H]2O)c1. The molecule has 0 bridgehead atoms. The van der Waals surface area contributed by atoms with Crippen LogP contribution in [0.1, 0.15) is 22.8 Å². The zero-order chi connectivity index (χ0) is 35.4. The maximum atomic E-state index is 12.5. The Bertz CT molecular complexity index is 1810. The lowest BCUT2D eigenvalue weighted by molar-refractivity contribution is -0.746. The Morgan fingerprint density at radius 3 is 2.46 bits per heavy atom. The first-order chi connectivity index (χ1) is 22.4. The highest BCUT2D eigenvalue weighted by Crippen LogP contribution is 2.60. The number of pyridine rings is 1. The molecule has 0 radical (unpaired) electrons. The van der Waals surface area contributed by atoms with E-state index in [9.17, 15) is 52.8 Å². The molecule has 48 heavy (non-hydrogen) atoms. The molecule has 4 rings (SSSR count). The Balaban J connectivity index is 1.39. The van der Waals surface area contributed by atoms with Crippen LogP contribution in [-0.4, -0.2) is 100 Å². The number of rotatable bonds is 17. The number of aldehydes is 2. The molecule has 8 atom stereocenters. The minimum absolute atomic E-state index is 0.00930. The van der Waals surface area contributed by atoms with Gasteiger partial charge < -0.3 is 50.4 Å². The van der Waals surface area contributed by atoms with E-state index in [1.54, 1.807) is 0 Å². The van der Waals surface area contributed by atoms with Crippen LogP contribution in [0.3, 0.4) is 0 Å². The molecule has 0 spiro atoms. The zero-order valence-corrected chi connectivity index (χ0v) is 26.5. The molecule has 1 saturated heterocycles. The van der Waals surface area contributed by atoms with Gasteiger partial charge in [-0.05, 0) is 6.07 Å². The lowest BCUT2D eigenvalue weighted by Crippen LogP contribution is -2.45.